The van der Waals surface area contributed by atoms with Crippen molar-refractivity contribution in [3.63, 3.8) is 0 Å². The van der Waals surface area contributed by atoms with Gasteiger partial charge in [-0.05, 0) is 116 Å². The number of hydrogen-bond donors (Lipinski definition) is 1. The summed E-state index contributed by atoms with van der Waals surface area (Å²) >= 11 is 0. The number of aryl methyl sites for hydroxylation is 1. The van der Waals surface area contributed by atoms with Crippen molar-refractivity contribution < 1.29 is 4.79 Å². The highest BCUT2D eigenvalue weighted by atomic mass is 16.1. The van der Waals surface area contributed by atoms with Gasteiger partial charge in [0.05, 0.1) is 0 Å². The number of amides is 1. The first-order valence-corrected chi connectivity index (χ1v) is 12.2. The van der Waals surface area contributed by atoms with Crippen LogP contribution in [-0.4, -0.2) is 16.9 Å². The highest BCUT2D eigenvalue weighted by Gasteiger charge is 2.58. The first kappa shape index (κ1) is 20.3. The van der Waals surface area contributed by atoms with Gasteiger partial charge >= 0.3 is 0 Å². The van der Waals surface area contributed by atoms with Crippen LogP contribution in [0.25, 0.3) is 5.57 Å². The summed E-state index contributed by atoms with van der Waals surface area (Å²) in [6, 6.07) is 2.57. The number of fused-ring (bicyclic) bond motifs is 5. The average molecular weight is 407 g/mol. The van der Waals surface area contributed by atoms with E-state index in [1.807, 2.05) is 6.20 Å². The van der Waals surface area contributed by atoms with Gasteiger partial charge in [0, 0.05) is 25.4 Å². The number of carbonyl (C=O) groups is 1. The second-order valence-corrected chi connectivity index (χ2v) is 11.3. The Balaban J connectivity index is 1.38. The standard InChI is InChI=1S/C27H38N2O/c1-17-11-14-28-16-22(17)24-8-7-23-21-6-5-19-15-20(29-18(2)30)9-12-26(19,3)25(21)10-13-27(23,24)4/h8,11,14,16,19-21,23,25H,5-7,9-10,12-13,15H2,1-4H3,(H,29,30)/t19?,20-,21+,23+,25+,26+,27+/m1/s1. The maximum atomic E-state index is 11.6. The van der Waals surface area contributed by atoms with Gasteiger partial charge in [-0.25, -0.2) is 0 Å². The summed E-state index contributed by atoms with van der Waals surface area (Å²) in [4.78, 5) is 16.1. The average Bonchev–Trinajstić information content (AvgIpc) is 3.05. The molecule has 5 rings (SSSR count). The van der Waals surface area contributed by atoms with E-state index < -0.39 is 0 Å². The lowest BCUT2D eigenvalue weighted by Gasteiger charge is -2.61. The summed E-state index contributed by atoms with van der Waals surface area (Å²) in [7, 11) is 0. The van der Waals surface area contributed by atoms with Crippen molar-refractivity contribution in [2.45, 2.75) is 85.1 Å². The van der Waals surface area contributed by atoms with Gasteiger partial charge in [0.2, 0.25) is 5.91 Å². The molecule has 4 aliphatic rings. The van der Waals surface area contributed by atoms with Crippen LogP contribution in [-0.2, 0) is 4.79 Å². The number of nitrogens with zero attached hydrogens (tertiary/aromatic N) is 1. The summed E-state index contributed by atoms with van der Waals surface area (Å²) in [6.07, 6.45) is 16.9. The fourth-order valence-corrected chi connectivity index (χ4v) is 8.41. The van der Waals surface area contributed by atoms with Crippen molar-refractivity contribution in [3.8, 4) is 0 Å². The maximum absolute atomic E-state index is 11.6. The third kappa shape index (κ3) is 2.99. The van der Waals surface area contributed by atoms with E-state index in [0.717, 1.165) is 30.1 Å². The normalized spacial score (nSPS) is 42.5. The molecule has 7 atom stereocenters. The molecule has 1 amide bonds. The van der Waals surface area contributed by atoms with E-state index in [1.54, 1.807) is 12.5 Å². The molecule has 1 heterocycles. The van der Waals surface area contributed by atoms with Gasteiger partial charge in [-0.15, -0.1) is 0 Å². The molecule has 3 fully saturated rings. The van der Waals surface area contributed by atoms with Crippen LogP contribution in [0.5, 0.6) is 0 Å². The molecule has 4 aliphatic carbocycles. The number of carbonyl (C=O) groups excluding carboxylic acids is 1. The molecular weight excluding hydrogens is 368 g/mol. The minimum atomic E-state index is 0.140. The van der Waals surface area contributed by atoms with E-state index in [2.05, 4.69) is 49.4 Å². The van der Waals surface area contributed by atoms with Crippen LogP contribution in [0.4, 0.5) is 0 Å². The summed E-state index contributed by atoms with van der Waals surface area (Å²) in [5.41, 5.74) is 5.11. The zero-order valence-corrected chi connectivity index (χ0v) is 19.2. The van der Waals surface area contributed by atoms with Crippen LogP contribution in [0.15, 0.2) is 24.5 Å². The molecule has 1 aromatic rings. The Morgan fingerprint density at radius 2 is 1.97 bits per heavy atom. The van der Waals surface area contributed by atoms with Crippen LogP contribution in [0.3, 0.4) is 0 Å². The van der Waals surface area contributed by atoms with Gasteiger partial charge in [-0.1, -0.05) is 19.9 Å². The van der Waals surface area contributed by atoms with E-state index in [0.29, 0.717) is 16.9 Å². The van der Waals surface area contributed by atoms with Crippen molar-refractivity contribution in [2.75, 3.05) is 0 Å². The van der Waals surface area contributed by atoms with Gasteiger partial charge in [-0.3, -0.25) is 9.78 Å². The van der Waals surface area contributed by atoms with E-state index in [9.17, 15) is 4.79 Å². The van der Waals surface area contributed by atoms with Gasteiger partial charge < -0.3 is 5.32 Å². The van der Waals surface area contributed by atoms with Crippen LogP contribution in [0, 0.1) is 41.4 Å². The molecule has 3 saturated carbocycles. The predicted octanol–water partition coefficient (Wildman–Crippen LogP) is 5.93. The number of rotatable bonds is 2. The summed E-state index contributed by atoms with van der Waals surface area (Å²) in [5.74, 6) is 3.42. The summed E-state index contributed by atoms with van der Waals surface area (Å²) in [6.45, 7) is 9.07. The van der Waals surface area contributed by atoms with E-state index in [4.69, 9.17) is 0 Å². The van der Waals surface area contributed by atoms with E-state index in [-0.39, 0.29) is 5.91 Å². The molecule has 0 spiro atoms. The lowest BCUT2D eigenvalue weighted by molar-refractivity contribution is -0.123. The van der Waals surface area contributed by atoms with Gasteiger partial charge in [0.1, 0.15) is 0 Å². The topological polar surface area (TPSA) is 42.0 Å². The predicted molar refractivity (Wildman–Crippen MR) is 122 cm³/mol. The van der Waals surface area contributed by atoms with Gasteiger partial charge in [-0.2, -0.15) is 0 Å². The molecule has 162 valence electrons. The third-order valence-corrected chi connectivity index (χ3v) is 9.98. The molecule has 0 aliphatic heterocycles. The molecule has 3 nitrogen and oxygen atoms in total. The lowest BCUT2D eigenvalue weighted by Crippen LogP contribution is -2.55. The Morgan fingerprint density at radius 1 is 1.13 bits per heavy atom. The number of hydrogen-bond acceptors (Lipinski definition) is 2. The number of pyridine rings is 1. The Hall–Kier alpha value is -1.64. The van der Waals surface area contributed by atoms with Crippen molar-refractivity contribution in [2.24, 2.45) is 34.5 Å². The third-order valence-electron chi connectivity index (χ3n) is 9.98. The Kier molecular flexibility index (Phi) is 4.87. The summed E-state index contributed by atoms with van der Waals surface area (Å²) < 4.78 is 0. The van der Waals surface area contributed by atoms with Crippen molar-refractivity contribution >= 4 is 11.5 Å². The van der Waals surface area contributed by atoms with Gasteiger partial charge in [0.25, 0.3) is 0 Å². The highest BCUT2D eigenvalue weighted by molar-refractivity contribution is 5.74. The van der Waals surface area contributed by atoms with Gasteiger partial charge in [0.15, 0.2) is 0 Å². The monoisotopic (exact) mass is 406 g/mol. The first-order valence-electron chi connectivity index (χ1n) is 12.2. The maximum Gasteiger partial charge on any atom is 0.217 e. The van der Waals surface area contributed by atoms with Crippen molar-refractivity contribution in [1.82, 2.24) is 10.3 Å². The minimum Gasteiger partial charge on any atom is -0.354 e. The first-order chi connectivity index (χ1) is 14.3. The smallest absolute Gasteiger partial charge is 0.217 e. The van der Waals surface area contributed by atoms with Crippen LogP contribution < -0.4 is 5.32 Å². The molecule has 0 aromatic carbocycles. The highest BCUT2D eigenvalue weighted by Crippen LogP contribution is 2.67. The fourth-order valence-electron chi connectivity index (χ4n) is 8.41. The molecule has 1 unspecified atom stereocenters. The van der Waals surface area contributed by atoms with Crippen LogP contribution >= 0.6 is 0 Å². The van der Waals surface area contributed by atoms with E-state index >= 15 is 0 Å². The number of nitrogens with one attached hydrogen (secondary N) is 1. The molecule has 3 heteroatoms. The lowest BCUT2D eigenvalue weighted by atomic mass is 9.44. The van der Waals surface area contributed by atoms with E-state index in [1.165, 1.54) is 56.1 Å². The second-order valence-electron chi connectivity index (χ2n) is 11.3. The van der Waals surface area contributed by atoms with Crippen LogP contribution in [0.1, 0.15) is 83.3 Å². The minimum absolute atomic E-state index is 0.140. The second kappa shape index (κ2) is 7.21. The quantitative estimate of drug-likeness (QED) is 0.661. The molecule has 30 heavy (non-hydrogen) atoms. The molecule has 1 N–H and O–H groups in total. The van der Waals surface area contributed by atoms with Crippen molar-refractivity contribution in [1.29, 1.82) is 0 Å². The fraction of sp³-hybridized carbons (Fsp3) is 0.704. The number of allylic oxidation sites excluding steroid dienone is 2. The molecule has 0 saturated heterocycles. The molecule has 1 aromatic heterocycles. The molecular formula is C27H38N2O. The number of aromatic nitrogens is 1. The Bertz CT molecular complexity index is 875. The van der Waals surface area contributed by atoms with Crippen molar-refractivity contribution in [3.05, 3.63) is 35.7 Å². The summed E-state index contributed by atoms with van der Waals surface area (Å²) in [5, 5.41) is 3.22. The zero-order chi connectivity index (χ0) is 21.1. The Labute approximate surface area is 182 Å². The van der Waals surface area contributed by atoms with Crippen LogP contribution in [0.2, 0.25) is 0 Å². The largest absolute Gasteiger partial charge is 0.354 e. The zero-order valence-electron chi connectivity index (χ0n) is 19.2. The molecule has 0 bridgehead atoms. The Morgan fingerprint density at radius 3 is 2.73 bits per heavy atom. The SMILES string of the molecule is CC(=O)N[C@@H]1CC[C@@]2(C)C(CC[C@@H]3[C@@H]2CC[C@]2(C)C(c4cnccc4C)=CC[C@@H]32)C1. The molecule has 0 radical (unpaired) electrons.